The lowest BCUT2D eigenvalue weighted by atomic mass is 9.88. The van der Waals surface area contributed by atoms with Crippen LogP contribution in [-0.4, -0.2) is 40.4 Å². The van der Waals surface area contributed by atoms with Gasteiger partial charge in [0.2, 0.25) is 0 Å². The molecule has 0 aliphatic rings. The summed E-state index contributed by atoms with van der Waals surface area (Å²) in [5.41, 5.74) is -0.331. The third-order valence-corrected chi connectivity index (χ3v) is 2.66. The van der Waals surface area contributed by atoms with Crippen LogP contribution in [0.25, 0.3) is 0 Å². The number of hydrogen-bond acceptors (Lipinski definition) is 2. The van der Waals surface area contributed by atoms with Gasteiger partial charge in [0.05, 0.1) is 6.61 Å². The van der Waals surface area contributed by atoms with E-state index < -0.39 is 6.09 Å². The van der Waals surface area contributed by atoms with Crippen molar-refractivity contribution in [3.63, 3.8) is 0 Å². The van der Waals surface area contributed by atoms with Gasteiger partial charge in [-0.1, -0.05) is 13.8 Å². The van der Waals surface area contributed by atoms with E-state index in [1.807, 2.05) is 27.7 Å². The first-order valence-corrected chi connectivity index (χ1v) is 4.96. The Labute approximate surface area is 85.5 Å². The minimum Gasteiger partial charge on any atom is -0.465 e. The van der Waals surface area contributed by atoms with Crippen LogP contribution in [0.2, 0.25) is 0 Å². The monoisotopic (exact) mass is 203 g/mol. The third kappa shape index (κ3) is 3.54. The van der Waals surface area contributed by atoms with Crippen molar-refractivity contribution in [1.29, 1.82) is 0 Å². The molecule has 0 spiro atoms. The Morgan fingerprint density at radius 1 is 1.50 bits per heavy atom. The molecule has 0 aromatic heterocycles. The number of nitrogens with zero attached hydrogens (tertiary/aromatic N) is 1. The quantitative estimate of drug-likeness (QED) is 0.716. The van der Waals surface area contributed by atoms with Gasteiger partial charge in [0, 0.05) is 18.0 Å². The van der Waals surface area contributed by atoms with Crippen molar-refractivity contribution < 1.29 is 15.0 Å². The number of carbonyl (C=O) groups is 1. The summed E-state index contributed by atoms with van der Waals surface area (Å²) in [6, 6.07) is -0.0510. The molecule has 1 amide bonds. The smallest absolute Gasteiger partial charge is 0.407 e. The van der Waals surface area contributed by atoms with E-state index in [0.717, 1.165) is 6.42 Å². The second-order valence-corrected chi connectivity index (χ2v) is 4.33. The van der Waals surface area contributed by atoms with Crippen LogP contribution in [0.15, 0.2) is 0 Å². The molecule has 0 aromatic carbocycles. The molecule has 1 atom stereocenters. The van der Waals surface area contributed by atoms with Gasteiger partial charge >= 0.3 is 6.09 Å². The van der Waals surface area contributed by atoms with Crippen LogP contribution in [0.5, 0.6) is 0 Å². The van der Waals surface area contributed by atoms with E-state index in [4.69, 9.17) is 5.11 Å². The molecule has 0 radical (unpaired) electrons. The highest BCUT2D eigenvalue weighted by Gasteiger charge is 2.28. The number of carboxylic acid groups (broad SMARTS) is 1. The summed E-state index contributed by atoms with van der Waals surface area (Å²) >= 11 is 0. The lowest BCUT2D eigenvalue weighted by Crippen LogP contribution is -2.44. The van der Waals surface area contributed by atoms with E-state index in [1.54, 1.807) is 0 Å². The highest BCUT2D eigenvalue weighted by atomic mass is 16.4. The van der Waals surface area contributed by atoms with Gasteiger partial charge in [-0.3, -0.25) is 0 Å². The molecule has 0 heterocycles. The minimum atomic E-state index is -0.923. The van der Waals surface area contributed by atoms with Crippen LogP contribution in [0.4, 0.5) is 4.79 Å². The van der Waals surface area contributed by atoms with Crippen molar-refractivity contribution in [2.24, 2.45) is 5.41 Å². The van der Waals surface area contributed by atoms with E-state index in [1.165, 1.54) is 4.90 Å². The first kappa shape index (κ1) is 13.2. The van der Waals surface area contributed by atoms with Crippen LogP contribution >= 0.6 is 0 Å². The van der Waals surface area contributed by atoms with Crippen LogP contribution in [0, 0.1) is 5.41 Å². The van der Waals surface area contributed by atoms with Crippen LogP contribution in [0.1, 0.15) is 34.1 Å². The summed E-state index contributed by atoms with van der Waals surface area (Å²) in [5, 5.41) is 18.1. The van der Waals surface area contributed by atoms with Gasteiger partial charge in [-0.25, -0.2) is 4.79 Å². The Morgan fingerprint density at radius 2 is 2.00 bits per heavy atom. The fourth-order valence-electron chi connectivity index (χ4n) is 1.16. The predicted octanol–water partition coefficient (Wildman–Crippen LogP) is 1.78. The maximum atomic E-state index is 10.9. The Bertz CT molecular complexity index is 188. The molecule has 2 N–H and O–H groups in total. The molecule has 0 saturated carbocycles. The topological polar surface area (TPSA) is 60.8 Å². The van der Waals surface area contributed by atoms with Gasteiger partial charge in [-0.15, -0.1) is 0 Å². The van der Waals surface area contributed by atoms with Gasteiger partial charge in [-0.05, 0) is 20.3 Å². The molecule has 4 nitrogen and oxygen atoms in total. The van der Waals surface area contributed by atoms with E-state index in [2.05, 4.69) is 0 Å². The van der Waals surface area contributed by atoms with E-state index in [0.29, 0.717) is 6.54 Å². The van der Waals surface area contributed by atoms with Gasteiger partial charge in [0.1, 0.15) is 0 Å². The zero-order chi connectivity index (χ0) is 11.4. The van der Waals surface area contributed by atoms with Crippen molar-refractivity contribution >= 4 is 6.09 Å². The first-order valence-electron chi connectivity index (χ1n) is 4.96. The van der Waals surface area contributed by atoms with Crippen molar-refractivity contribution in [1.82, 2.24) is 4.90 Å². The van der Waals surface area contributed by atoms with E-state index >= 15 is 0 Å². The molecule has 0 saturated heterocycles. The van der Waals surface area contributed by atoms with Crippen LogP contribution in [0.3, 0.4) is 0 Å². The minimum absolute atomic E-state index is 0.0139. The Morgan fingerprint density at radius 3 is 2.21 bits per heavy atom. The van der Waals surface area contributed by atoms with Crippen LogP contribution in [-0.2, 0) is 0 Å². The average Bonchev–Trinajstić information content (AvgIpc) is 2.13. The highest BCUT2D eigenvalue weighted by molar-refractivity contribution is 5.65. The largest absolute Gasteiger partial charge is 0.465 e. The normalized spacial score (nSPS) is 15.3. The van der Waals surface area contributed by atoms with Crippen molar-refractivity contribution in [2.45, 2.75) is 40.2 Å². The number of amides is 1. The summed E-state index contributed by atoms with van der Waals surface area (Å²) in [5.74, 6) is 0. The third-order valence-electron chi connectivity index (χ3n) is 2.66. The zero-order valence-electron chi connectivity index (χ0n) is 9.45. The summed E-state index contributed by atoms with van der Waals surface area (Å²) in [7, 11) is 0. The lowest BCUT2D eigenvalue weighted by molar-refractivity contribution is 0.0661. The summed E-state index contributed by atoms with van der Waals surface area (Å²) in [6.45, 7) is 7.91. The van der Waals surface area contributed by atoms with Gasteiger partial charge in [0.25, 0.3) is 0 Å². The molecule has 1 unspecified atom stereocenters. The Balaban J connectivity index is 4.50. The molecule has 84 valence electrons. The van der Waals surface area contributed by atoms with Gasteiger partial charge in [0.15, 0.2) is 0 Å². The SMILES string of the molecule is CCC(C)(CO)CN(C(=O)O)C(C)C. The molecule has 0 fully saturated rings. The Hall–Kier alpha value is -0.770. The molecule has 0 rings (SSSR count). The van der Waals surface area contributed by atoms with Crippen molar-refractivity contribution in [3.05, 3.63) is 0 Å². The lowest BCUT2D eigenvalue weighted by Gasteiger charge is -2.34. The fraction of sp³-hybridized carbons (Fsp3) is 0.900. The summed E-state index contributed by atoms with van der Waals surface area (Å²) in [6.07, 6.45) is -0.159. The fourth-order valence-corrected chi connectivity index (χ4v) is 1.16. The molecule has 14 heavy (non-hydrogen) atoms. The second-order valence-electron chi connectivity index (χ2n) is 4.33. The molecule has 0 bridgehead atoms. The zero-order valence-corrected chi connectivity index (χ0v) is 9.45. The van der Waals surface area contributed by atoms with Crippen molar-refractivity contribution in [3.8, 4) is 0 Å². The molecule has 4 heteroatoms. The Kier molecular flexibility index (Phi) is 4.91. The molecule has 0 aliphatic carbocycles. The second kappa shape index (κ2) is 5.20. The summed E-state index contributed by atoms with van der Waals surface area (Å²) in [4.78, 5) is 12.3. The molecule has 0 aliphatic heterocycles. The highest BCUT2D eigenvalue weighted by Crippen LogP contribution is 2.22. The maximum Gasteiger partial charge on any atom is 0.407 e. The molecule has 0 aromatic rings. The number of rotatable bonds is 5. The average molecular weight is 203 g/mol. The number of aliphatic hydroxyl groups is 1. The number of aliphatic hydroxyl groups excluding tert-OH is 1. The predicted molar refractivity (Wildman–Crippen MR) is 55.4 cm³/mol. The maximum absolute atomic E-state index is 10.9. The molecular weight excluding hydrogens is 182 g/mol. The standard InChI is InChI=1S/C10H21NO3/c1-5-10(4,7-12)6-11(8(2)3)9(13)14/h8,12H,5-7H2,1-4H3,(H,13,14). The number of hydrogen-bond donors (Lipinski definition) is 2. The van der Waals surface area contributed by atoms with E-state index in [9.17, 15) is 9.90 Å². The van der Waals surface area contributed by atoms with Crippen LogP contribution < -0.4 is 0 Å². The summed E-state index contributed by atoms with van der Waals surface area (Å²) < 4.78 is 0. The van der Waals surface area contributed by atoms with E-state index in [-0.39, 0.29) is 18.1 Å². The first-order chi connectivity index (χ1) is 6.36. The molecular formula is C10H21NO3. The van der Waals surface area contributed by atoms with Crippen molar-refractivity contribution in [2.75, 3.05) is 13.2 Å². The van der Waals surface area contributed by atoms with Gasteiger partial charge in [-0.2, -0.15) is 0 Å². The van der Waals surface area contributed by atoms with Gasteiger partial charge < -0.3 is 15.1 Å².